The predicted molar refractivity (Wildman–Crippen MR) is 74.6 cm³/mol. The van der Waals surface area contributed by atoms with Crippen molar-refractivity contribution in [3.05, 3.63) is 35.4 Å². The molecule has 0 aliphatic heterocycles. The highest BCUT2D eigenvalue weighted by molar-refractivity contribution is 5.76. The molecule has 1 atom stereocenters. The molecule has 0 bridgehead atoms. The van der Waals surface area contributed by atoms with Crippen LogP contribution in [0.2, 0.25) is 0 Å². The van der Waals surface area contributed by atoms with Crippen molar-refractivity contribution >= 4 is 12.2 Å². The first-order valence-electron chi connectivity index (χ1n) is 6.40. The topological polar surface area (TPSA) is 46.2 Å². The van der Waals surface area contributed by atoms with Crippen molar-refractivity contribution in [1.29, 1.82) is 0 Å². The molecule has 0 spiro atoms. The predicted octanol–water partition coefficient (Wildman–Crippen LogP) is 2.83. The highest BCUT2D eigenvalue weighted by atomic mass is 16.1. The molecule has 1 N–H and O–H groups in total. The number of aldehydes is 1. The molecule has 3 heteroatoms. The molecule has 1 aromatic rings. The van der Waals surface area contributed by atoms with E-state index in [0.29, 0.717) is 12.8 Å². The van der Waals surface area contributed by atoms with Crippen molar-refractivity contribution < 1.29 is 9.59 Å². The zero-order valence-electron chi connectivity index (χ0n) is 11.7. The minimum absolute atomic E-state index is 0.0287. The molecule has 1 amide bonds. The van der Waals surface area contributed by atoms with Crippen molar-refractivity contribution in [2.24, 2.45) is 0 Å². The number of aryl methyl sites for hydroxylation is 1. The van der Waals surface area contributed by atoms with Gasteiger partial charge in [0.15, 0.2) is 0 Å². The summed E-state index contributed by atoms with van der Waals surface area (Å²) in [6.45, 7) is 6.00. The second-order valence-electron chi connectivity index (χ2n) is 3.87. The minimum Gasteiger partial charge on any atom is -0.359 e. The van der Waals surface area contributed by atoms with Gasteiger partial charge in [-0.2, -0.15) is 0 Å². The number of rotatable bonds is 5. The lowest BCUT2D eigenvalue weighted by Gasteiger charge is -2.10. The van der Waals surface area contributed by atoms with E-state index in [4.69, 9.17) is 0 Å². The van der Waals surface area contributed by atoms with Gasteiger partial charge in [0.05, 0.1) is 0 Å². The maximum atomic E-state index is 11.1. The van der Waals surface area contributed by atoms with Crippen LogP contribution in [0.3, 0.4) is 0 Å². The molecular weight excluding hydrogens is 226 g/mol. The summed E-state index contributed by atoms with van der Waals surface area (Å²) in [5.74, 6) is -0.211. The summed E-state index contributed by atoms with van der Waals surface area (Å²) in [7, 11) is 1.60. The van der Waals surface area contributed by atoms with Gasteiger partial charge < -0.3 is 10.1 Å². The van der Waals surface area contributed by atoms with Gasteiger partial charge in [-0.1, -0.05) is 43.7 Å². The van der Waals surface area contributed by atoms with Gasteiger partial charge in [-0.3, -0.25) is 4.79 Å². The Balaban J connectivity index is 0.00000137. The van der Waals surface area contributed by atoms with E-state index in [2.05, 4.69) is 5.32 Å². The quantitative estimate of drug-likeness (QED) is 0.816. The lowest BCUT2D eigenvalue weighted by molar-refractivity contribution is -0.120. The molecule has 0 saturated heterocycles. The summed E-state index contributed by atoms with van der Waals surface area (Å²) in [5.41, 5.74) is 2.14. The van der Waals surface area contributed by atoms with Crippen LogP contribution < -0.4 is 5.32 Å². The number of amides is 1. The van der Waals surface area contributed by atoms with Crippen LogP contribution in [0.15, 0.2) is 24.3 Å². The molecule has 0 heterocycles. The van der Waals surface area contributed by atoms with Crippen molar-refractivity contribution in [3.63, 3.8) is 0 Å². The fraction of sp³-hybridized carbons (Fsp3) is 0.467. The molecule has 0 aliphatic carbocycles. The molecule has 18 heavy (non-hydrogen) atoms. The van der Waals surface area contributed by atoms with Crippen molar-refractivity contribution in [3.8, 4) is 0 Å². The zero-order chi connectivity index (χ0) is 14.0. The fourth-order valence-corrected chi connectivity index (χ4v) is 1.54. The molecule has 0 aliphatic rings. The molecule has 3 nitrogen and oxygen atoms in total. The van der Waals surface area contributed by atoms with Crippen LogP contribution in [0, 0.1) is 6.92 Å². The van der Waals surface area contributed by atoms with Crippen molar-refractivity contribution in [2.45, 2.75) is 39.5 Å². The normalized spacial score (nSPS) is 10.9. The summed E-state index contributed by atoms with van der Waals surface area (Å²) >= 11 is 0. The van der Waals surface area contributed by atoms with E-state index in [-0.39, 0.29) is 11.8 Å². The van der Waals surface area contributed by atoms with E-state index in [1.54, 1.807) is 7.05 Å². The first-order chi connectivity index (χ1) is 8.67. The van der Waals surface area contributed by atoms with E-state index < -0.39 is 0 Å². The largest absolute Gasteiger partial charge is 0.359 e. The Morgan fingerprint density at radius 1 is 1.28 bits per heavy atom. The summed E-state index contributed by atoms with van der Waals surface area (Å²) in [6.07, 6.45) is 1.85. The van der Waals surface area contributed by atoms with Crippen LogP contribution in [0.5, 0.6) is 0 Å². The van der Waals surface area contributed by atoms with Crippen LogP contribution in [0.4, 0.5) is 0 Å². The molecule has 0 aromatic heterocycles. The first kappa shape index (κ1) is 16.4. The van der Waals surface area contributed by atoms with Gasteiger partial charge in [-0.05, 0) is 18.9 Å². The number of carbonyl (C=O) groups is 2. The van der Waals surface area contributed by atoms with Gasteiger partial charge in [0.2, 0.25) is 5.91 Å². The lowest BCUT2D eigenvalue weighted by atomic mass is 9.95. The van der Waals surface area contributed by atoms with Crippen molar-refractivity contribution in [1.82, 2.24) is 5.32 Å². The SMILES string of the molecule is CC.CNC(=O)CCC(C=O)c1ccc(C)cc1. The van der Waals surface area contributed by atoms with Gasteiger partial charge in [0.25, 0.3) is 0 Å². The molecular formula is C15H23NO2. The Morgan fingerprint density at radius 3 is 2.28 bits per heavy atom. The number of hydrogen-bond donors (Lipinski definition) is 1. The van der Waals surface area contributed by atoms with E-state index in [1.807, 2.05) is 45.0 Å². The van der Waals surface area contributed by atoms with Crippen LogP contribution in [0.25, 0.3) is 0 Å². The number of hydrogen-bond acceptors (Lipinski definition) is 2. The molecule has 0 radical (unpaired) electrons. The van der Waals surface area contributed by atoms with Crippen LogP contribution in [-0.2, 0) is 9.59 Å². The molecule has 0 fully saturated rings. The second kappa shape index (κ2) is 9.40. The lowest BCUT2D eigenvalue weighted by Crippen LogP contribution is -2.18. The number of benzene rings is 1. The van der Waals surface area contributed by atoms with Gasteiger partial charge in [-0.25, -0.2) is 0 Å². The first-order valence-corrected chi connectivity index (χ1v) is 6.40. The van der Waals surface area contributed by atoms with Gasteiger partial charge in [0, 0.05) is 19.4 Å². The minimum atomic E-state index is -0.183. The Bertz CT molecular complexity index is 357. The third-order valence-corrected chi connectivity index (χ3v) is 2.63. The summed E-state index contributed by atoms with van der Waals surface area (Å²) in [4.78, 5) is 22.1. The fourth-order valence-electron chi connectivity index (χ4n) is 1.54. The zero-order valence-corrected chi connectivity index (χ0v) is 11.7. The van der Waals surface area contributed by atoms with E-state index in [1.165, 1.54) is 5.56 Å². The standard InChI is InChI=1S/C13H17NO2.C2H6/c1-10-3-5-11(6-4-10)12(9-15)7-8-13(16)14-2;1-2/h3-6,9,12H,7-8H2,1-2H3,(H,14,16);1-2H3. The Hall–Kier alpha value is -1.64. The summed E-state index contributed by atoms with van der Waals surface area (Å²) in [5, 5.41) is 2.55. The molecule has 100 valence electrons. The molecule has 1 rings (SSSR count). The van der Waals surface area contributed by atoms with Crippen LogP contribution in [0.1, 0.15) is 43.7 Å². The second-order valence-corrected chi connectivity index (χ2v) is 3.87. The summed E-state index contributed by atoms with van der Waals surface area (Å²) in [6, 6.07) is 7.84. The highest BCUT2D eigenvalue weighted by Crippen LogP contribution is 2.19. The van der Waals surface area contributed by atoms with Gasteiger partial charge in [0.1, 0.15) is 6.29 Å². The molecule has 1 unspecified atom stereocenters. The maximum Gasteiger partial charge on any atom is 0.219 e. The number of carbonyl (C=O) groups excluding carboxylic acids is 2. The van der Waals surface area contributed by atoms with E-state index in [9.17, 15) is 9.59 Å². The Morgan fingerprint density at radius 2 is 1.83 bits per heavy atom. The third kappa shape index (κ3) is 5.62. The number of nitrogens with one attached hydrogen (secondary N) is 1. The third-order valence-electron chi connectivity index (χ3n) is 2.63. The van der Waals surface area contributed by atoms with Gasteiger partial charge >= 0.3 is 0 Å². The Labute approximate surface area is 110 Å². The van der Waals surface area contributed by atoms with Crippen LogP contribution in [-0.4, -0.2) is 19.2 Å². The molecule has 0 saturated carbocycles. The molecule has 1 aromatic carbocycles. The highest BCUT2D eigenvalue weighted by Gasteiger charge is 2.11. The van der Waals surface area contributed by atoms with E-state index in [0.717, 1.165) is 11.8 Å². The van der Waals surface area contributed by atoms with Crippen molar-refractivity contribution in [2.75, 3.05) is 7.05 Å². The van der Waals surface area contributed by atoms with Crippen LogP contribution >= 0.6 is 0 Å². The average Bonchev–Trinajstić information content (AvgIpc) is 2.43. The van der Waals surface area contributed by atoms with Gasteiger partial charge in [-0.15, -0.1) is 0 Å². The summed E-state index contributed by atoms with van der Waals surface area (Å²) < 4.78 is 0. The average molecular weight is 249 g/mol. The monoisotopic (exact) mass is 249 g/mol. The maximum absolute atomic E-state index is 11.1. The smallest absolute Gasteiger partial charge is 0.219 e. The van der Waals surface area contributed by atoms with E-state index >= 15 is 0 Å². The Kier molecular flexibility index (Phi) is 8.54.